The summed E-state index contributed by atoms with van der Waals surface area (Å²) in [6.07, 6.45) is 6.86. The van der Waals surface area contributed by atoms with Gasteiger partial charge in [0.2, 0.25) is 5.95 Å². The number of hydrogen-bond donors (Lipinski definition) is 3. The lowest BCUT2D eigenvalue weighted by Gasteiger charge is -2.22. The van der Waals surface area contributed by atoms with Crippen molar-refractivity contribution < 1.29 is 0 Å². The van der Waals surface area contributed by atoms with Gasteiger partial charge in [-0.3, -0.25) is 5.10 Å². The number of aromatic amines is 1. The van der Waals surface area contributed by atoms with Crippen LogP contribution in [-0.4, -0.2) is 46.3 Å². The first-order valence-electron chi connectivity index (χ1n) is 8.91. The van der Waals surface area contributed by atoms with E-state index in [1.54, 1.807) is 0 Å². The molecule has 0 aromatic carbocycles. The molecule has 4 heterocycles. The first kappa shape index (κ1) is 14.2. The number of nitrogens with zero attached hydrogens (tertiary/aromatic N) is 4. The van der Waals surface area contributed by atoms with Gasteiger partial charge in [-0.25, -0.2) is 4.98 Å². The minimum absolute atomic E-state index is 0.425. The second kappa shape index (κ2) is 5.44. The van der Waals surface area contributed by atoms with E-state index in [1.165, 1.54) is 31.4 Å². The first-order chi connectivity index (χ1) is 11.8. The van der Waals surface area contributed by atoms with Crippen LogP contribution in [0.4, 0.5) is 17.6 Å². The van der Waals surface area contributed by atoms with Gasteiger partial charge in [-0.1, -0.05) is 0 Å². The second-order valence-corrected chi connectivity index (χ2v) is 7.45. The molecule has 5 rings (SSSR count). The van der Waals surface area contributed by atoms with Crippen molar-refractivity contribution in [3.63, 3.8) is 0 Å². The fourth-order valence-electron chi connectivity index (χ4n) is 3.96. The van der Waals surface area contributed by atoms with E-state index >= 15 is 0 Å². The summed E-state index contributed by atoms with van der Waals surface area (Å²) in [7, 11) is 0. The summed E-state index contributed by atoms with van der Waals surface area (Å²) in [6.45, 7) is 4.36. The summed E-state index contributed by atoms with van der Waals surface area (Å²) in [5, 5.41) is 14.3. The highest BCUT2D eigenvalue weighted by molar-refractivity contribution is 5.54. The van der Waals surface area contributed by atoms with Crippen LogP contribution in [0.3, 0.4) is 0 Å². The molecule has 0 bridgehead atoms. The van der Waals surface area contributed by atoms with E-state index < -0.39 is 0 Å². The van der Waals surface area contributed by atoms with Crippen molar-refractivity contribution >= 4 is 17.6 Å². The average Bonchev–Trinajstić information content (AvgIpc) is 3.01. The monoisotopic (exact) mass is 325 g/mol. The largest absolute Gasteiger partial charge is 0.340 e. The quantitative estimate of drug-likeness (QED) is 0.798. The van der Waals surface area contributed by atoms with Crippen molar-refractivity contribution in [1.82, 2.24) is 25.5 Å². The SMILES string of the molecule is c1cc(Nc2cc(C3CC3)[nH]n2)nc(N2CCC3(CCNC3)C2)n1. The predicted octanol–water partition coefficient (Wildman–Crippen LogP) is 2.01. The molecule has 1 atom stereocenters. The van der Waals surface area contributed by atoms with E-state index in [9.17, 15) is 0 Å². The molecular formula is C17H23N7. The molecule has 1 spiro atoms. The summed E-state index contributed by atoms with van der Waals surface area (Å²) >= 11 is 0. The molecule has 3 aliphatic rings. The van der Waals surface area contributed by atoms with Gasteiger partial charge in [0.15, 0.2) is 5.82 Å². The van der Waals surface area contributed by atoms with Crippen molar-refractivity contribution in [1.29, 1.82) is 0 Å². The molecule has 1 saturated carbocycles. The third-order valence-electron chi connectivity index (χ3n) is 5.57. The summed E-state index contributed by atoms with van der Waals surface area (Å²) in [5.41, 5.74) is 1.65. The number of hydrogen-bond acceptors (Lipinski definition) is 6. The van der Waals surface area contributed by atoms with Crippen molar-refractivity contribution in [3.05, 3.63) is 24.0 Å². The summed E-state index contributed by atoms with van der Waals surface area (Å²) in [4.78, 5) is 11.5. The van der Waals surface area contributed by atoms with E-state index in [1.807, 2.05) is 12.3 Å². The van der Waals surface area contributed by atoms with Crippen LogP contribution in [0.25, 0.3) is 0 Å². The van der Waals surface area contributed by atoms with E-state index in [4.69, 9.17) is 4.98 Å². The fraction of sp³-hybridized carbons (Fsp3) is 0.588. The molecule has 0 radical (unpaired) electrons. The van der Waals surface area contributed by atoms with Crippen molar-refractivity contribution in [2.24, 2.45) is 5.41 Å². The Morgan fingerprint density at radius 1 is 1.25 bits per heavy atom. The Labute approximate surface area is 141 Å². The Bertz CT molecular complexity index is 730. The molecule has 2 aromatic heterocycles. The molecule has 1 aliphatic carbocycles. The first-order valence-corrected chi connectivity index (χ1v) is 8.91. The Kier molecular flexibility index (Phi) is 3.22. The van der Waals surface area contributed by atoms with E-state index in [2.05, 4.69) is 36.8 Å². The molecule has 2 aromatic rings. The Balaban J connectivity index is 1.30. The topological polar surface area (TPSA) is 81.8 Å². The smallest absolute Gasteiger partial charge is 0.227 e. The fourth-order valence-corrected chi connectivity index (χ4v) is 3.96. The van der Waals surface area contributed by atoms with Crippen LogP contribution >= 0.6 is 0 Å². The van der Waals surface area contributed by atoms with Crippen LogP contribution in [0.1, 0.15) is 37.3 Å². The second-order valence-electron chi connectivity index (χ2n) is 7.45. The molecule has 1 unspecified atom stereocenters. The summed E-state index contributed by atoms with van der Waals surface area (Å²) < 4.78 is 0. The lowest BCUT2D eigenvalue weighted by atomic mass is 9.87. The van der Waals surface area contributed by atoms with Gasteiger partial charge in [0.05, 0.1) is 0 Å². The van der Waals surface area contributed by atoms with Gasteiger partial charge >= 0.3 is 0 Å². The highest BCUT2D eigenvalue weighted by Crippen LogP contribution is 2.40. The predicted molar refractivity (Wildman–Crippen MR) is 92.6 cm³/mol. The number of rotatable bonds is 4. The van der Waals surface area contributed by atoms with Crippen molar-refractivity contribution in [3.8, 4) is 0 Å². The maximum Gasteiger partial charge on any atom is 0.227 e. The molecular weight excluding hydrogens is 302 g/mol. The number of H-pyrrole nitrogens is 1. The number of aromatic nitrogens is 4. The summed E-state index contributed by atoms with van der Waals surface area (Å²) in [5.74, 6) is 3.13. The van der Waals surface area contributed by atoms with Crippen molar-refractivity contribution in [2.75, 3.05) is 36.4 Å². The van der Waals surface area contributed by atoms with Crippen LogP contribution in [0.2, 0.25) is 0 Å². The van der Waals surface area contributed by atoms with Gasteiger partial charge in [-0.05, 0) is 38.3 Å². The molecule has 2 saturated heterocycles. The standard InChI is InChI=1S/C17H23N7/c1-2-12(1)13-9-15(23-22-13)20-14-3-6-19-16(21-14)24-8-5-17(11-24)4-7-18-10-17/h3,6,9,12,18H,1-2,4-5,7-8,10-11H2,(H2,19,20,21,22,23). The highest BCUT2D eigenvalue weighted by Gasteiger charge is 2.41. The zero-order chi connectivity index (χ0) is 16.0. The Morgan fingerprint density at radius 3 is 3.04 bits per heavy atom. The Hall–Kier alpha value is -2.15. The third kappa shape index (κ3) is 2.62. The van der Waals surface area contributed by atoms with Gasteiger partial charge in [0, 0.05) is 48.9 Å². The molecule has 0 amide bonds. The van der Waals surface area contributed by atoms with Gasteiger partial charge in [0.1, 0.15) is 5.82 Å². The molecule has 2 aliphatic heterocycles. The maximum absolute atomic E-state index is 4.70. The van der Waals surface area contributed by atoms with E-state index in [0.29, 0.717) is 11.3 Å². The molecule has 24 heavy (non-hydrogen) atoms. The van der Waals surface area contributed by atoms with Crippen LogP contribution in [-0.2, 0) is 0 Å². The molecule has 7 nitrogen and oxygen atoms in total. The van der Waals surface area contributed by atoms with Crippen LogP contribution < -0.4 is 15.5 Å². The lowest BCUT2D eigenvalue weighted by molar-refractivity contribution is 0.369. The minimum Gasteiger partial charge on any atom is -0.340 e. The van der Waals surface area contributed by atoms with Crippen molar-refractivity contribution in [2.45, 2.75) is 31.6 Å². The minimum atomic E-state index is 0.425. The highest BCUT2D eigenvalue weighted by atomic mass is 15.3. The van der Waals surface area contributed by atoms with Gasteiger partial charge in [-0.2, -0.15) is 10.1 Å². The maximum atomic E-state index is 4.70. The molecule has 7 heteroatoms. The van der Waals surface area contributed by atoms with Gasteiger partial charge < -0.3 is 15.5 Å². The van der Waals surface area contributed by atoms with Crippen LogP contribution in [0.15, 0.2) is 18.3 Å². The normalized spacial score (nSPS) is 26.4. The average molecular weight is 325 g/mol. The Morgan fingerprint density at radius 2 is 2.21 bits per heavy atom. The van der Waals surface area contributed by atoms with E-state index in [-0.39, 0.29) is 0 Å². The number of anilines is 3. The van der Waals surface area contributed by atoms with Crippen LogP contribution in [0, 0.1) is 5.41 Å². The zero-order valence-corrected chi connectivity index (χ0v) is 13.8. The molecule has 3 N–H and O–H groups in total. The van der Waals surface area contributed by atoms with E-state index in [0.717, 1.165) is 43.8 Å². The third-order valence-corrected chi connectivity index (χ3v) is 5.57. The zero-order valence-electron chi connectivity index (χ0n) is 13.8. The van der Waals surface area contributed by atoms with Crippen LogP contribution in [0.5, 0.6) is 0 Å². The lowest BCUT2D eigenvalue weighted by Crippen LogP contribution is -2.30. The summed E-state index contributed by atoms with van der Waals surface area (Å²) in [6, 6.07) is 3.99. The molecule has 3 fully saturated rings. The number of nitrogens with one attached hydrogen (secondary N) is 3. The van der Waals surface area contributed by atoms with Gasteiger partial charge in [-0.15, -0.1) is 0 Å². The molecule has 126 valence electrons. The van der Waals surface area contributed by atoms with Gasteiger partial charge in [0.25, 0.3) is 0 Å².